The first-order valence-corrected chi connectivity index (χ1v) is 10.4. The molecule has 164 valence electrons. The van der Waals surface area contributed by atoms with Gasteiger partial charge in [-0.15, -0.1) is 0 Å². The van der Waals surface area contributed by atoms with Gasteiger partial charge in [-0.05, 0) is 24.8 Å². The van der Waals surface area contributed by atoms with E-state index in [2.05, 4.69) is 10.1 Å². The van der Waals surface area contributed by atoms with Crippen LogP contribution >= 0.6 is 0 Å². The Morgan fingerprint density at radius 3 is 2.77 bits per heavy atom. The molecule has 0 saturated heterocycles. The quantitative estimate of drug-likeness (QED) is 0.563. The number of nitrogens with two attached hydrogens (primary N) is 1. The van der Waals surface area contributed by atoms with Crippen LogP contribution in [-0.2, 0) is 30.7 Å². The van der Waals surface area contributed by atoms with E-state index in [9.17, 15) is 9.59 Å². The van der Waals surface area contributed by atoms with E-state index in [1.807, 2.05) is 35.2 Å². The monoisotopic (exact) mass is 425 g/mol. The van der Waals surface area contributed by atoms with Gasteiger partial charge in [-0.2, -0.15) is 0 Å². The van der Waals surface area contributed by atoms with Crippen molar-refractivity contribution in [1.29, 1.82) is 0 Å². The van der Waals surface area contributed by atoms with E-state index < -0.39 is 11.2 Å². The smallest absolute Gasteiger partial charge is 0.330 e. The number of nitrogens with one attached hydrogen (secondary N) is 1. The highest BCUT2D eigenvalue weighted by atomic mass is 16.5. The number of hydrogen-bond donors (Lipinski definition) is 2. The fraction of sp³-hybridized carbons (Fsp3) is 0.409. The highest BCUT2D eigenvalue weighted by Gasteiger charge is 2.24. The van der Waals surface area contributed by atoms with Crippen LogP contribution in [0, 0.1) is 0 Å². The molecule has 9 heteroatoms. The van der Waals surface area contributed by atoms with E-state index in [4.69, 9.17) is 15.0 Å². The third-order valence-corrected chi connectivity index (χ3v) is 5.65. The summed E-state index contributed by atoms with van der Waals surface area (Å²) < 4.78 is 12.2. The Morgan fingerprint density at radius 2 is 2.00 bits per heavy atom. The summed E-state index contributed by atoms with van der Waals surface area (Å²) in [5, 5.41) is 4.26. The zero-order chi connectivity index (χ0) is 21.8. The number of aromatic amines is 1. The number of aromatic nitrogens is 3. The molecule has 2 heterocycles. The lowest BCUT2D eigenvalue weighted by atomic mass is 9.96. The van der Waals surface area contributed by atoms with Crippen molar-refractivity contribution in [3.05, 3.63) is 73.8 Å². The number of fused-ring (bicyclic) bond motifs is 1. The van der Waals surface area contributed by atoms with Crippen molar-refractivity contribution in [1.82, 2.24) is 14.7 Å². The van der Waals surface area contributed by atoms with Gasteiger partial charge in [0.1, 0.15) is 23.0 Å². The molecule has 1 aliphatic carbocycles. The van der Waals surface area contributed by atoms with Crippen LogP contribution in [0.5, 0.6) is 0 Å². The molecule has 0 fully saturated rings. The average Bonchev–Trinajstić information content (AvgIpc) is 3.18. The van der Waals surface area contributed by atoms with Gasteiger partial charge in [0.15, 0.2) is 0 Å². The molecule has 3 N–H and O–H groups in total. The molecule has 31 heavy (non-hydrogen) atoms. The maximum atomic E-state index is 12.8. The van der Waals surface area contributed by atoms with E-state index in [1.54, 1.807) is 7.11 Å². The van der Waals surface area contributed by atoms with Crippen LogP contribution in [0.2, 0.25) is 0 Å². The van der Waals surface area contributed by atoms with E-state index in [0.29, 0.717) is 19.7 Å². The molecule has 0 amide bonds. The first-order chi connectivity index (χ1) is 15.1. The number of H-pyrrole nitrogens is 1. The number of anilines is 2. The molecule has 4 rings (SSSR count). The largest absolute Gasteiger partial charge is 0.383 e. The Morgan fingerprint density at radius 1 is 1.23 bits per heavy atom. The van der Waals surface area contributed by atoms with Gasteiger partial charge in [0, 0.05) is 25.6 Å². The van der Waals surface area contributed by atoms with Gasteiger partial charge in [0.25, 0.3) is 5.56 Å². The number of ether oxygens (including phenoxy) is 1. The summed E-state index contributed by atoms with van der Waals surface area (Å²) in [7, 11) is 1.60. The summed E-state index contributed by atoms with van der Waals surface area (Å²) in [6, 6.07) is 9.49. The van der Waals surface area contributed by atoms with Gasteiger partial charge in [0.05, 0.1) is 19.7 Å². The minimum Gasteiger partial charge on any atom is -0.383 e. The van der Waals surface area contributed by atoms with Gasteiger partial charge in [-0.1, -0.05) is 35.5 Å². The number of nitrogens with zero attached hydrogens (tertiary/aromatic N) is 3. The average molecular weight is 425 g/mol. The third-order valence-electron chi connectivity index (χ3n) is 5.65. The summed E-state index contributed by atoms with van der Waals surface area (Å²) >= 11 is 0. The second-order valence-corrected chi connectivity index (χ2v) is 7.72. The van der Waals surface area contributed by atoms with Crippen LogP contribution in [0.3, 0.4) is 0 Å². The second kappa shape index (κ2) is 9.22. The van der Waals surface area contributed by atoms with Crippen molar-refractivity contribution in [2.45, 2.75) is 38.8 Å². The van der Waals surface area contributed by atoms with Gasteiger partial charge in [0.2, 0.25) is 0 Å². The highest BCUT2D eigenvalue weighted by molar-refractivity contribution is 5.62. The van der Waals surface area contributed by atoms with Crippen LogP contribution < -0.4 is 21.9 Å². The van der Waals surface area contributed by atoms with E-state index in [0.717, 1.165) is 48.3 Å². The maximum absolute atomic E-state index is 12.8. The van der Waals surface area contributed by atoms with Crippen LogP contribution in [-0.4, -0.2) is 35.0 Å². The van der Waals surface area contributed by atoms with Gasteiger partial charge >= 0.3 is 5.69 Å². The molecule has 0 spiro atoms. The molecule has 0 atom stereocenters. The van der Waals surface area contributed by atoms with Crippen molar-refractivity contribution >= 4 is 11.5 Å². The number of benzene rings is 1. The first kappa shape index (κ1) is 20.9. The van der Waals surface area contributed by atoms with E-state index in [1.165, 1.54) is 4.57 Å². The molecular weight excluding hydrogens is 398 g/mol. The van der Waals surface area contributed by atoms with E-state index in [-0.39, 0.29) is 18.1 Å². The summed E-state index contributed by atoms with van der Waals surface area (Å²) in [6.45, 7) is 1.40. The predicted octanol–water partition coefficient (Wildman–Crippen LogP) is 1.69. The summed E-state index contributed by atoms with van der Waals surface area (Å²) in [6.07, 6.45) is 3.97. The SMILES string of the molecule is COCCN(Cc1noc2c1CCCC2)c1c(N)n(Cc2ccccc2)c(=O)[nH]c1=O. The maximum Gasteiger partial charge on any atom is 0.330 e. The second-order valence-electron chi connectivity index (χ2n) is 7.72. The summed E-state index contributed by atoms with van der Waals surface area (Å²) in [4.78, 5) is 29.6. The molecule has 2 aromatic heterocycles. The molecule has 0 aliphatic heterocycles. The molecule has 0 unspecified atom stereocenters. The Labute approximate surface area is 179 Å². The topological polar surface area (TPSA) is 119 Å². The molecule has 3 aromatic rings. The lowest BCUT2D eigenvalue weighted by Crippen LogP contribution is -2.39. The van der Waals surface area contributed by atoms with Gasteiger partial charge in [-0.3, -0.25) is 14.3 Å². The third kappa shape index (κ3) is 4.41. The van der Waals surface area contributed by atoms with Gasteiger partial charge in [-0.25, -0.2) is 4.79 Å². The number of methoxy groups -OCH3 is 1. The van der Waals surface area contributed by atoms with Crippen LogP contribution in [0.4, 0.5) is 11.5 Å². The lowest BCUT2D eigenvalue weighted by Gasteiger charge is -2.25. The minimum atomic E-state index is -0.541. The van der Waals surface area contributed by atoms with Crippen LogP contribution in [0.1, 0.15) is 35.4 Å². The van der Waals surface area contributed by atoms with Crippen molar-refractivity contribution < 1.29 is 9.26 Å². The lowest BCUT2D eigenvalue weighted by molar-refractivity contribution is 0.204. The van der Waals surface area contributed by atoms with E-state index >= 15 is 0 Å². The Hall–Kier alpha value is -3.33. The van der Waals surface area contributed by atoms with Crippen molar-refractivity contribution in [2.75, 3.05) is 30.9 Å². The number of nitrogen functional groups attached to an aromatic ring is 1. The van der Waals surface area contributed by atoms with Crippen molar-refractivity contribution in [2.24, 2.45) is 0 Å². The van der Waals surface area contributed by atoms with Crippen molar-refractivity contribution in [3.63, 3.8) is 0 Å². The molecular formula is C22H27N5O4. The normalized spacial score (nSPS) is 13.2. The molecule has 9 nitrogen and oxygen atoms in total. The number of aryl methyl sites for hydroxylation is 1. The number of hydrogen-bond acceptors (Lipinski definition) is 7. The molecule has 0 saturated carbocycles. The van der Waals surface area contributed by atoms with Crippen LogP contribution in [0.25, 0.3) is 0 Å². The standard InChI is InChI=1S/C22H27N5O4/c1-30-12-11-26(14-17-16-9-5-6-10-18(16)31-25-17)19-20(23)27(22(29)24-21(19)28)13-15-7-3-2-4-8-15/h2-4,7-8H,5-6,9-14,23H2,1H3,(H,24,28,29). The molecule has 1 aliphatic rings. The fourth-order valence-electron chi connectivity index (χ4n) is 4.03. The number of rotatable bonds is 8. The molecule has 1 aromatic carbocycles. The fourth-order valence-corrected chi connectivity index (χ4v) is 4.03. The van der Waals surface area contributed by atoms with Gasteiger partial charge < -0.3 is 19.9 Å². The summed E-state index contributed by atoms with van der Waals surface area (Å²) in [5.41, 5.74) is 8.37. The van der Waals surface area contributed by atoms with Crippen molar-refractivity contribution in [3.8, 4) is 0 Å². The zero-order valence-corrected chi connectivity index (χ0v) is 17.6. The molecule has 0 radical (unpaired) electrons. The Balaban J connectivity index is 1.72. The Kier molecular flexibility index (Phi) is 6.22. The minimum absolute atomic E-state index is 0.117. The zero-order valence-electron chi connectivity index (χ0n) is 17.6. The van der Waals surface area contributed by atoms with Crippen LogP contribution in [0.15, 0.2) is 44.4 Å². The molecule has 0 bridgehead atoms. The summed E-state index contributed by atoms with van der Waals surface area (Å²) in [5.74, 6) is 1.04. The Bertz CT molecular complexity index is 1150. The highest BCUT2D eigenvalue weighted by Crippen LogP contribution is 2.27. The first-order valence-electron chi connectivity index (χ1n) is 10.4. The predicted molar refractivity (Wildman–Crippen MR) is 117 cm³/mol.